The van der Waals surface area contributed by atoms with Gasteiger partial charge in [0.25, 0.3) is 0 Å². The smallest absolute Gasteiger partial charge is 0.229 e. The van der Waals surface area contributed by atoms with E-state index in [0.717, 1.165) is 0 Å². The Bertz CT molecular complexity index is 1500. The van der Waals surface area contributed by atoms with Crippen LogP contribution in [0.1, 0.15) is 48.5 Å². The van der Waals surface area contributed by atoms with Gasteiger partial charge in [0, 0.05) is 29.2 Å². The number of phenolic OH excluding ortho intramolecular Hbond substituents is 2. The van der Waals surface area contributed by atoms with Gasteiger partial charge in [-0.1, -0.05) is 12.1 Å². The normalized spacial score (nSPS) is 23.9. The number of aromatic hydroxyl groups is 2. The summed E-state index contributed by atoms with van der Waals surface area (Å²) in [5, 5.41) is 61.4. The number of aliphatic hydroxyl groups is 4. The third kappa shape index (κ3) is 4.57. The van der Waals surface area contributed by atoms with Crippen molar-refractivity contribution in [3.63, 3.8) is 0 Å². The van der Waals surface area contributed by atoms with E-state index in [2.05, 4.69) is 0 Å². The summed E-state index contributed by atoms with van der Waals surface area (Å²) < 4.78 is 16.5. The molecule has 1 saturated heterocycles. The van der Waals surface area contributed by atoms with E-state index in [4.69, 9.17) is 14.2 Å². The van der Waals surface area contributed by atoms with E-state index in [0.29, 0.717) is 16.7 Å². The lowest BCUT2D eigenvalue weighted by Gasteiger charge is -2.39. The number of rotatable bonds is 6. The quantitative estimate of drug-likeness (QED) is 0.200. The van der Waals surface area contributed by atoms with Crippen molar-refractivity contribution in [2.75, 3.05) is 13.7 Å². The molecule has 11 nitrogen and oxygen atoms in total. The first kappa shape index (κ1) is 27.6. The summed E-state index contributed by atoms with van der Waals surface area (Å²) in [6.07, 6.45) is -7.86. The van der Waals surface area contributed by atoms with Crippen molar-refractivity contribution in [2.24, 2.45) is 0 Å². The molecule has 0 unspecified atom stereocenters. The number of benzene rings is 3. The van der Waals surface area contributed by atoms with Crippen molar-refractivity contribution in [1.29, 1.82) is 0 Å². The highest BCUT2D eigenvalue weighted by atomic mass is 16.7. The molecule has 11 heteroatoms. The number of fused-ring (bicyclic) bond motifs is 2. The maximum Gasteiger partial charge on any atom is 0.229 e. The van der Waals surface area contributed by atoms with Crippen LogP contribution in [0.4, 0.5) is 0 Å². The predicted molar refractivity (Wildman–Crippen MR) is 138 cm³/mol. The zero-order valence-corrected chi connectivity index (χ0v) is 21.6. The lowest BCUT2D eigenvalue weighted by atomic mass is 9.80. The van der Waals surface area contributed by atoms with E-state index in [-0.39, 0.29) is 45.9 Å². The second-order valence-electron chi connectivity index (χ2n) is 9.81. The molecule has 3 aromatic rings. The molecule has 1 aliphatic carbocycles. The molecule has 0 spiro atoms. The molecular weight excluding hydrogens is 524 g/mol. The number of methoxy groups -OCH3 is 1. The number of phenols is 2. The molecule has 6 N–H and O–H groups in total. The average molecular weight is 553 g/mol. The first-order chi connectivity index (χ1) is 19.0. The number of hydrogen-bond acceptors (Lipinski definition) is 11. The molecule has 1 aliphatic heterocycles. The monoisotopic (exact) mass is 552 g/mol. The second kappa shape index (κ2) is 10.5. The van der Waals surface area contributed by atoms with Gasteiger partial charge >= 0.3 is 0 Å². The van der Waals surface area contributed by atoms with Gasteiger partial charge in [0.1, 0.15) is 47.4 Å². The van der Waals surface area contributed by atoms with E-state index in [1.54, 1.807) is 19.1 Å². The molecule has 1 heterocycles. The van der Waals surface area contributed by atoms with Crippen molar-refractivity contribution in [3.05, 3.63) is 81.4 Å². The number of ether oxygens (including phenoxy) is 3. The van der Waals surface area contributed by atoms with E-state index in [1.807, 2.05) is 0 Å². The minimum absolute atomic E-state index is 0.0146. The van der Waals surface area contributed by atoms with Gasteiger partial charge in [-0.05, 0) is 42.3 Å². The Morgan fingerprint density at radius 1 is 0.900 bits per heavy atom. The van der Waals surface area contributed by atoms with Crippen LogP contribution >= 0.6 is 0 Å². The van der Waals surface area contributed by atoms with Crippen LogP contribution in [0.2, 0.25) is 0 Å². The van der Waals surface area contributed by atoms with Crippen LogP contribution in [0.5, 0.6) is 23.0 Å². The average Bonchev–Trinajstić information content (AvgIpc) is 2.93. The van der Waals surface area contributed by atoms with Crippen LogP contribution in [-0.4, -0.2) is 86.6 Å². The Morgan fingerprint density at radius 3 is 2.30 bits per heavy atom. The number of carbonyl (C=O) groups excluding carboxylic acids is 2. The minimum atomic E-state index is -1.77. The van der Waals surface area contributed by atoms with Crippen molar-refractivity contribution in [2.45, 2.75) is 44.1 Å². The van der Waals surface area contributed by atoms with Gasteiger partial charge in [-0.3, -0.25) is 9.59 Å². The number of hydrogen-bond donors (Lipinski definition) is 6. The maximum atomic E-state index is 13.9. The van der Waals surface area contributed by atoms with Gasteiger partial charge in [0.2, 0.25) is 12.1 Å². The largest absolute Gasteiger partial charge is 0.508 e. The fourth-order valence-electron chi connectivity index (χ4n) is 5.12. The van der Waals surface area contributed by atoms with Gasteiger partial charge in [-0.15, -0.1) is 0 Å². The van der Waals surface area contributed by atoms with Crippen LogP contribution < -0.4 is 9.47 Å². The highest BCUT2D eigenvalue weighted by Crippen LogP contribution is 2.42. The standard InChI is InChI=1S/C29H28O11/c1-12-6-17-22(24(33)16(12)8-13-4-3-5-14(31)7-13)26(35)21-18(23(17)32)9-15(38-2)10-19(21)39-29-28(37)27(36)25(34)20(11-30)40-29/h3-7,9-10,20,25,27-31,33-34,36-37H,8,11H2,1-2H3/t20-,25-,27+,28-,29-/m1/s1. The molecule has 0 saturated carbocycles. The first-order valence-electron chi connectivity index (χ1n) is 12.5. The zero-order valence-electron chi connectivity index (χ0n) is 21.6. The van der Waals surface area contributed by atoms with Gasteiger partial charge in [0.15, 0.2) is 5.78 Å². The van der Waals surface area contributed by atoms with Crippen LogP contribution in [-0.2, 0) is 11.2 Å². The topological polar surface area (TPSA) is 183 Å². The summed E-state index contributed by atoms with van der Waals surface area (Å²) in [5.74, 6) is -1.76. The highest BCUT2D eigenvalue weighted by molar-refractivity contribution is 6.30. The minimum Gasteiger partial charge on any atom is -0.508 e. The zero-order chi connectivity index (χ0) is 28.9. The van der Waals surface area contributed by atoms with Gasteiger partial charge < -0.3 is 44.8 Å². The molecule has 0 bridgehead atoms. The molecule has 0 radical (unpaired) electrons. The van der Waals surface area contributed by atoms with Crippen molar-refractivity contribution < 1.29 is 54.4 Å². The summed E-state index contributed by atoms with van der Waals surface area (Å²) in [7, 11) is 1.34. The number of aliphatic hydroxyl groups excluding tert-OH is 4. The number of carbonyl (C=O) groups is 2. The molecular formula is C29H28O11. The fourth-order valence-corrected chi connectivity index (χ4v) is 5.12. The third-order valence-corrected chi connectivity index (χ3v) is 7.27. The van der Waals surface area contributed by atoms with Crippen molar-refractivity contribution in [3.8, 4) is 23.0 Å². The first-order valence-corrected chi connectivity index (χ1v) is 12.5. The molecule has 0 amide bonds. The molecule has 0 aromatic heterocycles. The molecule has 3 aromatic carbocycles. The van der Waals surface area contributed by atoms with E-state index >= 15 is 0 Å². The Hall–Kier alpha value is -4.00. The molecule has 210 valence electrons. The molecule has 5 atom stereocenters. The van der Waals surface area contributed by atoms with Crippen LogP contribution in [0.3, 0.4) is 0 Å². The fraction of sp³-hybridized carbons (Fsp3) is 0.310. The Kier molecular flexibility index (Phi) is 7.25. The molecule has 40 heavy (non-hydrogen) atoms. The molecule has 2 aliphatic rings. The number of ketones is 2. The lowest BCUT2D eigenvalue weighted by molar-refractivity contribution is -0.277. The van der Waals surface area contributed by atoms with Gasteiger partial charge in [-0.2, -0.15) is 0 Å². The summed E-state index contributed by atoms with van der Waals surface area (Å²) in [5.41, 5.74) is 1.07. The Labute approximate surface area is 228 Å². The summed E-state index contributed by atoms with van der Waals surface area (Å²) in [4.78, 5) is 27.6. The lowest BCUT2D eigenvalue weighted by Crippen LogP contribution is -2.60. The van der Waals surface area contributed by atoms with Crippen LogP contribution in [0.15, 0.2) is 42.5 Å². The summed E-state index contributed by atoms with van der Waals surface area (Å²) in [6, 6.07) is 10.6. The van der Waals surface area contributed by atoms with Crippen LogP contribution in [0, 0.1) is 6.92 Å². The second-order valence-corrected chi connectivity index (χ2v) is 9.81. The van der Waals surface area contributed by atoms with Crippen molar-refractivity contribution in [1.82, 2.24) is 0 Å². The number of aryl methyl sites for hydroxylation is 1. The van der Waals surface area contributed by atoms with Gasteiger partial charge in [-0.25, -0.2) is 0 Å². The third-order valence-electron chi connectivity index (χ3n) is 7.27. The van der Waals surface area contributed by atoms with E-state index < -0.39 is 54.6 Å². The Balaban J connectivity index is 1.60. The van der Waals surface area contributed by atoms with E-state index in [1.165, 1.54) is 37.4 Å². The Morgan fingerprint density at radius 2 is 1.62 bits per heavy atom. The summed E-state index contributed by atoms with van der Waals surface area (Å²) >= 11 is 0. The summed E-state index contributed by atoms with van der Waals surface area (Å²) in [6.45, 7) is 1.01. The molecule has 5 rings (SSSR count). The van der Waals surface area contributed by atoms with E-state index in [9.17, 15) is 40.2 Å². The van der Waals surface area contributed by atoms with Crippen molar-refractivity contribution >= 4 is 11.6 Å². The molecule has 1 fully saturated rings. The van der Waals surface area contributed by atoms with Crippen LogP contribution in [0.25, 0.3) is 0 Å². The predicted octanol–water partition coefficient (Wildman–Crippen LogP) is 0.960. The van der Waals surface area contributed by atoms with Gasteiger partial charge in [0.05, 0.1) is 24.8 Å². The maximum absolute atomic E-state index is 13.9. The SMILES string of the molecule is COc1cc(O[C@@H]2O[C@H](CO)[C@@H](O)[C@H](O)[C@H]2O)c2c(c1)C(=O)c1cc(C)c(Cc3cccc(O)c3)c(O)c1C2=O. The highest BCUT2D eigenvalue weighted by Gasteiger charge is 2.46.